The summed E-state index contributed by atoms with van der Waals surface area (Å²) < 4.78 is 42.3. The summed E-state index contributed by atoms with van der Waals surface area (Å²) in [6.45, 7) is 0.0953. The Morgan fingerprint density at radius 1 is 1.45 bits per heavy atom. The maximum atomic E-state index is 13.6. The van der Waals surface area contributed by atoms with E-state index in [1.54, 1.807) is 0 Å². The normalized spacial score (nSPS) is 20.9. The first-order valence-electron chi connectivity index (χ1n) is 6.29. The van der Waals surface area contributed by atoms with E-state index in [0.29, 0.717) is 17.4 Å². The quantitative estimate of drug-likeness (QED) is 0.856. The van der Waals surface area contributed by atoms with Gasteiger partial charge in [0.25, 0.3) is 0 Å². The molecule has 20 heavy (non-hydrogen) atoms. The molecule has 1 aromatic carbocycles. The van der Waals surface area contributed by atoms with Crippen molar-refractivity contribution in [2.45, 2.75) is 25.3 Å². The second-order valence-electron chi connectivity index (χ2n) is 4.67. The van der Waals surface area contributed by atoms with Crippen LogP contribution in [0.2, 0.25) is 0 Å². The fourth-order valence-electron chi connectivity index (χ4n) is 2.25. The van der Waals surface area contributed by atoms with Gasteiger partial charge in [-0.05, 0) is 31.0 Å². The van der Waals surface area contributed by atoms with Crippen LogP contribution in [-0.4, -0.2) is 37.0 Å². The predicted molar refractivity (Wildman–Crippen MR) is 78.1 cm³/mol. The lowest BCUT2D eigenvalue weighted by Gasteiger charge is -2.33. The number of rotatable bonds is 4. The Hall–Kier alpha value is -0.700. The lowest BCUT2D eigenvalue weighted by atomic mass is 10.1. The van der Waals surface area contributed by atoms with Crippen LogP contribution in [0.5, 0.6) is 0 Å². The van der Waals surface area contributed by atoms with E-state index in [-0.39, 0.29) is 12.3 Å². The van der Waals surface area contributed by atoms with Crippen LogP contribution in [0.25, 0.3) is 0 Å². The van der Waals surface area contributed by atoms with Crippen LogP contribution in [0.1, 0.15) is 19.3 Å². The number of aliphatic hydroxyl groups excluding tert-OH is 1. The Bertz CT molecular complexity index is 582. The first-order valence-corrected chi connectivity index (χ1v) is 8.53. The Kier molecular flexibility index (Phi) is 5.00. The van der Waals surface area contributed by atoms with Crippen LogP contribution in [0.3, 0.4) is 0 Å². The zero-order valence-electron chi connectivity index (χ0n) is 10.7. The number of aliphatic hydroxyl groups is 1. The highest BCUT2D eigenvalue weighted by molar-refractivity contribution is 9.10. The van der Waals surface area contributed by atoms with Gasteiger partial charge in [-0.2, -0.15) is 12.7 Å². The molecule has 0 bridgehead atoms. The van der Waals surface area contributed by atoms with Crippen LogP contribution in [0, 0.1) is 5.82 Å². The highest BCUT2D eigenvalue weighted by atomic mass is 79.9. The van der Waals surface area contributed by atoms with Gasteiger partial charge in [0.05, 0.1) is 12.3 Å². The molecule has 2 rings (SSSR count). The molecule has 0 aromatic heterocycles. The van der Waals surface area contributed by atoms with Gasteiger partial charge in [0, 0.05) is 17.1 Å². The van der Waals surface area contributed by atoms with Gasteiger partial charge < -0.3 is 5.11 Å². The van der Waals surface area contributed by atoms with E-state index in [4.69, 9.17) is 0 Å². The third-order valence-corrected chi connectivity index (χ3v) is 5.33. The van der Waals surface area contributed by atoms with Gasteiger partial charge in [-0.25, -0.2) is 4.39 Å². The second-order valence-corrected chi connectivity index (χ2v) is 7.21. The summed E-state index contributed by atoms with van der Waals surface area (Å²) in [5.41, 5.74) is -0.110. The SMILES string of the molecule is O=S(=O)(Nc1cc(Br)ccc1F)N1CCCCC1CO. The van der Waals surface area contributed by atoms with E-state index >= 15 is 0 Å². The van der Waals surface area contributed by atoms with E-state index < -0.39 is 22.1 Å². The molecule has 1 aromatic rings. The number of hydrogen-bond acceptors (Lipinski definition) is 3. The van der Waals surface area contributed by atoms with Crippen molar-refractivity contribution in [3.05, 3.63) is 28.5 Å². The molecule has 1 aliphatic rings. The van der Waals surface area contributed by atoms with Crippen molar-refractivity contribution in [2.24, 2.45) is 0 Å². The maximum absolute atomic E-state index is 13.6. The first-order chi connectivity index (χ1) is 9.44. The van der Waals surface area contributed by atoms with Gasteiger partial charge in [-0.1, -0.05) is 22.4 Å². The minimum Gasteiger partial charge on any atom is -0.395 e. The zero-order chi connectivity index (χ0) is 14.8. The molecule has 0 saturated carbocycles. The molecule has 0 aliphatic carbocycles. The minimum atomic E-state index is -3.87. The molecule has 1 saturated heterocycles. The number of anilines is 1. The van der Waals surface area contributed by atoms with Crippen LogP contribution < -0.4 is 4.72 Å². The average molecular weight is 367 g/mol. The van der Waals surface area contributed by atoms with Crippen molar-refractivity contribution in [3.63, 3.8) is 0 Å². The highest BCUT2D eigenvalue weighted by Crippen LogP contribution is 2.25. The standard InChI is InChI=1S/C12H16BrFN2O3S/c13-9-4-5-11(14)12(7-9)15-20(18,19)16-6-2-1-3-10(16)8-17/h4-5,7,10,15,17H,1-3,6,8H2. The predicted octanol–water partition coefficient (Wildman–Crippen LogP) is 2.09. The zero-order valence-corrected chi connectivity index (χ0v) is 13.1. The molecular formula is C12H16BrFN2O3S. The molecule has 0 spiro atoms. The van der Waals surface area contributed by atoms with Gasteiger partial charge in [0.1, 0.15) is 5.82 Å². The van der Waals surface area contributed by atoms with E-state index in [1.807, 2.05) is 0 Å². The summed E-state index contributed by atoms with van der Waals surface area (Å²) in [4.78, 5) is 0. The molecule has 1 atom stereocenters. The molecule has 5 nitrogen and oxygen atoms in total. The van der Waals surface area contributed by atoms with Gasteiger partial charge in [0.15, 0.2) is 0 Å². The van der Waals surface area contributed by atoms with E-state index in [0.717, 1.165) is 12.8 Å². The number of nitrogens with one attached hydrogen (secondary N) is 1. The molecule has 1 heterocycles. The number of hydrogen-bond donors (Lipinski definition) is 2. The third kappa shape index (κ3) is 3.49. The molecule has 112 valence electrons. The van der Waals surface area contributed by atoms with Gasteiger partial charge in [-0.3, -0.25) is 4.72 Å². The Morgan fingerprint density at radius 2 is 2.20 bits per heavy atom. The smallest absolute Gasteiger partial charge is 0.302 e. The van der Waals surface area contributed by atoms with Crippen molar-refractivity contribution in [3.8, 4) is 0 Å². The van der Waals surface area contributed by atoms with Crippen molar-refractivity contribution in [2.75, 3.05) is 17.9 Å². The van der Waals surface area contributed by atoms with E-state index in [9.17, 15) is 17.9 Å². The summed E-state index contributed by atoms with van der Waals surface area (Å²) in [5, 5.41) is 9.27. The summed E-state index contributed by atoms with van der Waals surface area (Å²) in [6.07, 6.45) is 2.22. The fraction of sp³-hybridized carbons (Fsp3) is 0.500. The Morgan fingerprint density at radius 3 is 2.90 bits per heavy atom. The third-order valence-electron chi connectivity index (χ3n) is 3.26. The number of halogens is 2. The molecule has 0 radical (unpaired) electrons. The molecule has 8 heteroatoms. The van der Waals surface area contributed by atoms with Crippen LogP contribution >= 0.6 is 15.9 Å². The first kappa shape index (κ1) is 15.7. The van der Waals surface area contributed by atoms with Crippen LogP contribution in [-0.2, 0) is 10.2 Å². The Labute approximate surface area is 126 Å². The summed E-state index contributed by atoms with van der Waals surface area (Å²) in [6, 6.07) is 3.59. The molecule has 1 aliphatic heterocycles. The minimum absolute atomic E-state index is 0.110. The lowest BCUT2D eigenvalue weighted by molar-refractivity contribution is 0.156. The number of benzene rings is 1. The second kappa shape index (κ2) is 6.38. The molecule has 1 fully saturated rings. The van der Waals surface area contributed by atoms with Crippen molar-refractivity contribution in [1.29, 1.82) is 0 Å². The number of piperidine rings is 1. The largest absolute Gasteiger partial charge is 0.395 e. The summed E-state index contributed by atoms with van der Waals surface area (Å²) in [5.74, 6) is -0.644. The van der Waals surface area contributed by atoms with Crippen molar-refractivity contribution < 1.29 is 17.9 Å². The van der Waals surface area contributed by atoms with Crippen molar-refractivity contribution in [1.82, 2.24) is 4.31 Å². The topological polar surface area (TPSA) is 69.6 Å². The molecule has 2 N–H and O–H groups in total. The Balaban J connectivity index is 2.24. The van der Waals surface area contributed by atoms with Crippen LogP contribution in [0.4, 0.5) is 10.1 Å². The molecule has 0 amide bonds. The van der Waals surface area contributed by atoms with Gasteiger partial charge in [-0.15, -0.1) is 0 Å². The van der Waals surface area contributed by atoms with E-state index in [1.165, 1.54) is 22.5 Å². The highest BCUT2D eigenvalue weighted by Gasteiger charge is 2.32. The summed E-state index contributed by atoms with van der Waals surface area (Å²) in [7, 11) is -3.87. The van der Waals surface area contributed by atoms with Gasteiger partial charge in [0.2, 0.25) is 0 Å². The fourth-order valence-corrected chi connectivity index (χ4v) is 4.09. The van der Waals surface area contributed by atoms with E-state index in [2.05, 4.69) is 20.7 Å². The van der Waals surface area contributed by atoms with Crippen LogP contribution in [0.15, 0.2) is 22.7 Å². The molecular weight excluding hydrogens is 351 g/mol. The summed E-state index contributed by atoms with van der Waals surface area (Å²) >= 11 is 3.17. The maximum Gasteiger partial charge on any atom is 0.302 e. The monoisotopic (exact) mass is 366 g/mol. The lowest BCUT2D eigenvalue weighted by Crippen LogP contribution is -2.48. The average Bonchev–Trinajstić information content (AvgIpc) is 2.42. The molecule has 1 unspecified atom stereocenters. The number of nitrogens with zero attached hydrogens (tertiary/aromatic N) is 1. The van der Waals surface area contributed by atoms with Crippen molar-refractivity contribution >= 4 is 31.8 Å². The van der Waals surface area contributed by atoms with Gasteiger partial charge >= 0.3 is 10.2 Å².